The molecule has 4 heteroatoms. The molecule has 2 fully saturated rings. The summed E-state index contributed by atoms with van der Waals surface area (Å²) in [7, 11) is 3.38. The van der Waals surface area contributed by atoms with E-state index in [-0.39, 0.29) is 23.4 Å². The van der Waals surface area contributed by atoms with Gasteiger partial charge in [0.05, 0.1) is 14.2 Å². The molecule has 2 bridgehead atoms. The summed E-state index contributed by atoms with van der Waals surface area (Å²) in [5.41, 5.74) is 2.87. The normalized spacial score (nSPS) is 31.3. The molecule has 4 nitrogen and oxygen atoms in total. The Bertz CT molecular complexity index is 764. The first-order valence-electron chi connectivity index (χ1n) is 9.77. The molecule has 1 aromatic carbocycles. The number of benzene rings is 1. The zero-order valence-electron chi connectivity index (χ0n) is 16.8. The molecule has 0 spiro atoms. The average molecular weight is 358 g/mol. The Morgan fingerprint density at radius 1 is 1.15 bits per heavy atom. The second-order valence-electron chi connectivity index (χ2n) is 9.16. The second-order valence-corrected chi connectivity index (χ2v) is 9.16. The number of hydrogen-bond acceptors (Lipinski definition) is 4. The lowest BCUT2D eigenvalue weighted by molar-refractivity contribution is -0.145. The number of methoxy groups -OCH3 is 2. The number of hydrogen-bond donors (Lipinski definition) is 0. The maximum absolute atomic E-state index is 13.2. The molecule has 1 heterocycles. The summed E-state index contributed by atoms with van der Waals surface area (Å²) in [5, 5.41) is 0. The van der Waals surface area contributed by atoms with E-state index in [1.165, 1.54) is 5.56 Å². The lowest BCUT2D eigenvalue weighted by Crippen LogP contribution is -2.53. The molecule has 1 aromatic rings. The number of carbonyl (C=O) groups excluding carboxylic acids is 1. The van der Waals surface area contributed by atoms with Crippen LogP contribution in [0.1, 0.15) is 69.6 Å². The Labute approximate surface area is 156 Å². The molecule has 3 atom stereocenters. The maximum atomic E-state index is 13.2. The summed E-state index contributed by atoms with van der Waals surface area (Å²) in [6, 6.07) is 2.23. The molecule has 0 amide bonds. The van der Waals surface area contributed by atoms with Crippen molar-refractivity contribution < 1.29 is 19.0 Å². The number of ether oxygens (including phenoxy) is 3. The Hall–Kier alpha value is -1.71. The molecule has 2 aliphatic carbocycles. The van der Waals surface area contributed by atoms with Crippen molar-refractivity contribution in [3.8, 4) is 11.5 Å². The highest BCUT2D eigenvalue weighted by Crippen LogP contribution is 2.64. The van der Waals surface area contributed by atoms with Gasteiger partial charge in [-0.1, -0.05) is 40.2 Å². The Kier molecular flexibility index (Phi) is 3.84. The van der Waals surface area contributed by atoms with Gasteiger partial charge in [0.15, 0.2) is 11.5 Å². The quantitative estimate of drug-likeness (QED) is 0.753. The number of esters is 1. The first-order valence-corrected chi connectivity index (χ1v) is 9.77. The van der Waals surface area contributed by atoms with Crippen molar-refractivity contribution in [2.45, 2.75) is 70.8 Å². The zero-order chi connectivity index (χ0) is 18.9. The molecular formula is C22H30O4. The molecule has 26 heavy (non-hydrogen) atoms. The van der Waals surface area contributed by atoms with E-state index >= 15 is 0 Å². The van der Waals surface area contributed by atoms with E-state index < -0.39 is 5.41 Å². The van der Waals surface area contributed by atoms with Crippen LogP contribution in [0, 0.1) is 11.3 Å². The molecule has 0 radical (unpaired) electrons. The van der Waals surface area contributed by atoms with Gasteiger partial charge in [-0.2, -0.15) is 0 Å². The summed E-state index contributed by atoms with van der Waals surface area (Å²) < 4.78 is 17.7. The van der Waals surface area contributed by atoms with Crippen LogP contribution in [-0.4, -0.2) is 26.3 Å². The molecule has 1 saturated carbocycles. The van der Waals surface area contributed by atoms with Crippen LogP contribution in [0.5, 0.6) is 11.5 Å². The molecule has 3 aliphatic rings. The SMILES string of the molecule is COc1c(C(C)C)cc2c(c1OC)[C@@]13CCCC(C)(C)[C@@H]1C(C2)OC3=O. The molecule has 1 unspecified atom stereocenters. The van der Waals surface area contributed by atoms with Gasteiger partial charge in [-0.3, -0.25) is 4.79 Å². The van der Waals surface area contributed by atoms with Gasteiger partial charge in [0, 0.05) is 23.5 Å². The van der Waals surface area contributed by atoms with Crippen LogP contribution in [0.25, 0.3) is 0 Å². The number of rotatable bonds is 3. The summed E-state index contributed by atoms with van der Waals surface area (Å²) in [6.07, 6.45) is 3.75. The third kappa shape index (κ3) is 2.04. The predicted molar refractivity (Wildman–Crippen MR) is 100 cm³/mol. The van der Waals surface area contributed by atoms with Crippen molar-refractivity contribution >= 4 is 5.97 Å². The smallest absolute Gasteiger partial charge is 0.317 e. The van der Waals surface area contributed by atoms with Crippen molar-refractivity contribution in [2.24, 2.45) is 11.3 Å². The van der Waals surface area contributed by atoms with Crippen molar-refractivity contribution in [1.29, 1.82) is 0 Å². The second kappa shape index (κ2) is 5.64. The first-order chi connectivity index (χ1) is 12.3. The molecular weight excluding hydrogens is 328 g/mol. The highest BCUT2D eigenvalue weighted by molar-refractivity contribution is 5.90. The lowest BCUT2D eigenvalue weighted by atomic mass is 9.50. The minimum Gasteiger partial charge on any atom is -0.493 e. The highest BCUT2D eigenvalue weighted by atomic mass is 16.6. The number of fused-ring (bicyclic) bond motifs is 1. The minimum absolute atomic E-state index is 0.0246. The summed E-state index contributed by atoms with van der Waals surface area (Å²) in [4.78, 5) is 13.2. The first kappa shape index (κ1) is 17.7. The Balaban J connectivity index is 2.05. The van der Waals surface area contributed by atoms with Crippen molar-refractivity contribution in [3.05, 3.63) is 22.8 Å². The Morgan fingerprint density at radius 2 is 1.85 bits per heavy atom. The molecule has 0 N–H and O–H groups in total. The van der Waals surface area contributed by atoms with E-state index in [2.05, 4.69) is 33.8 Å². The molecule has 1 saturated heterocycles. The maximum Gasteiger partial charge on any atom is 0.317 e. The average Bonchev–Trinajstić information content (AvgIpc) is 2.81. The monoisotopic (exact) mass is 358 g/mol. The van der Waals surface area contributed by atoms with Gasteiger partial charge in [-0.15, -0.1) is 0 Å². The van der Waals surface area contributed by atoms with Gasteiger partial charge >= 0.3 is 5.97 Å². The van der Waals surface area contributed by atoms with Crippen LogP contribution in [0.15, 0.2) is 6.07 Å². The van der Waals surface area contributed by atoms with E-state index in [1.54, 1.807) is 14.2 Å². The van der Waals surface area contributed by atoms with Crippen molar-refractivity contribution in [3.63, 3.8) is 0 Å². The van der Waals surface area contributed by atoms with E-state index in [0.717, 1.165) is 48.3 Å². The molecule has 142 valence electrons. The molecule has 0 aromatic heterocycles. The number of carbonyl (C=O) groups is 1. The summed E-state index contributed by atoms with van der Waals surface area (Å²) >= 11 is 0. The minimum atomic E-state index is -0.589. The van der Waals surface area contributed by atoms with E-state index in [9.17, 15) is 4.79 Å². The van der Waals surface area contributed by atoms with Gasteiger partial charge in [-0.05, 0) is 29.7 Å². The molecule has 4 rings (SSSR count). The third-order valence-corrected chi connectivity index (χ3v) is 7.00. The van der Waals surface area contributed by atoms with Crippen LogP contribution >= 0.6 is 0 Å². The highest BCUT2D eigenvalue weighted by Gasteiger charge is 2.67. The molecule has 1 aliphatic heterocycles. The van der Waals surface area contributed by atoms with Gasteiger partial charge in [0.1, 0.15) is 11.5 Å². The fraction of sp³-hybridized carbons (Fsp3) is 0.682. The van der Waals surface area contributed by atoms with Crippen LogP contribution in [0.4, 0.5) is 0 Å². The van der Waals surface area contributed by atoms with Gasteiger partial charge in [0.25, 0.3) is 0 Å². The Morgan fingerprint density at radius 3 is 2.46 bits per heavy atom. The van der Waals surface area contributed by atoms with E-state index in [4.69, 9.17) is 14.2 Å². The van der Waals surface area contributed by atoms with Crippen LogP contribution < -0.4 is 9.47 Å². The largest absolute Gasteiger partial charge is 0.493 e. The van der Waals surface area contributed by atoms with Crippen molar-refractivity contribution in [1.82, 2.24) is 0 Å². The van der Waals surface area contributed by atoms with Crippen LogP contribution in [0.2, 0.25) is 0 Å². The predicted octanol–water partition coefficient (Wildman–Crippen LogP) is 4.37. The van der Waals surface area contributed by atoms with E-state index in [0.29, 0.717) is 5.92 Å². The van der Waals surface area contributed by atoms with E-state index in [1.807, 2.05) is 0 Å². The van der Waals surface area contributed by atoms with Gasteiger partial charge in [0.2, 0.25) is 0 Å². The fourth-order valence-corrected chi connectivity index (χ4v) is 6.12. The topological polar surface area (TPSA) is 44.8 Å². The summed E-state index contributed by atoms with van der Waals surface area (Å²) in [5.74, 6) is 1.98. The lowest BCUT2D eigenvalue weighted by Gasteiger charge is -2.50. The van der Waals surface area contributed by atoms with Gasteiger partial charge < -0.3 is 14.2 Å². The van der Waals surface area contributed by atoms with Gasteiger partial charge in [-0.25, -0.2) is 0 Å². The fourth-order valence-electron chi connectivity index (χ4n) is 6.12. The standard InChI is InChI=1S/C22H30O4/c1-12(2)14-10-13-11-15-19-21(3,4)8-7-9-22(19,20(23)26-15)16(13)18(25-6)17(14)24-5/h10,12,15,19H,7-9,11H2,1-6H3/t15?,19-,22-/m0/s1. The summed E-state index contributed by atoms with van der Waals surface area (Å²) in [6.45, 7) is 8.90. The third-order valence-electron chi connectivity index (χ3n) is 7.00. The van der Waals surface area contributed by atoms with Crippen LogP contribution in [-0.2, 0) is 21.4 Å². The van der Waals surface area contributed by atoms with Crippen molar-refractivity contribution in [2.75, 3.05) is 14.2 Å². The zero-order valence-corrected chi connectivity index (χ0v) is 16.8. The van der Waals surface area contributed by atoms with Crippen LogP contribution in [0.3, 0.4) is 0 Å².